The van der Waals surface area contributed by atoms with Crippen molar-refractivity contribution in [3.05, 3.63) is 33.3 Å². The zero-order chi connectivity index (χ0) is 12.4. The van der Waals surface area contributed by atoms with Crippen LogP contribution in [0.25, 0.3) is 0 Å². The molecular weight excluding hydrogens is 369 g/mol. The predicted octanol–water partition coefficient (Wildman–Crippen LogP) is 4.10. The van der Waals surface area contributed by atoms with E-state index in [2.05, 4.69) is 31.9 Å². The van der Waals surface area contributed by atoms with Crippen LogP contribution >= 0.6 is 43.5 Å². The van der Waals surface area contributed by atoms with Gasteiger partial charge in [-0.1, -0.05) is 27.5 Å². The van der Waals surface area contributed by atoms with Crippen LogP contribution in [0.4, 0.5) is 0 Å². The van der Waals surface area contributed by atoms with Crippen LogP contribution in [-0.4, -0.2) is 28.7 Å². The van der Waals surface area contributed by atoms with Gasteiger partial charge >= 0.3 is 0 Å². The Hall–Kier alpha value is -0.0600. The second kappa shape index (κ2) is 5.72. The van der Waals surface area contributed by atoms with Crippen molar-refractivity contribution in [1.82, 2.24) is 4.90 Å². The fourth-order valence-electron chi connectivity index (χ4n) is 1.74. The summed E-state index contributed by atoms with van der Waals surface area (Å²) in [7, 11) is 0. The van der Waals surface area contributed by atoms with Crippen LogP contribution in [0.15, 0.2) is 22.7 Å². The summed E-state index contributed by atoms with van der Waals surface area (Å²) in [5.41, 5.74) is 0.644. The molecule has 1 fully saturated rings. The van der Waals surface area contributed by atoms with Gasteiger partial charge in [-0.3, -0.25) is 4.79 Å². The zero-order valence-electron chi connectivity index (χ0n) is 9.13. The molecule has 0 aromatic heterocycles. The van der Waals surface area contributed by atoms with Gasteiger partial charge in [0, 0.05) is 27.4 Å². The van der Waals surface area contributed by atoms with Crippen molar-refractivity contribution in [3.63, 3.8) is 0 Å². The standard InChI is InChI=1S/C12H12Br2ClNO/c13-5-6-16(9-2-3-9)12(17)10-7-8(15)1-4-11(10)14/h1,4,7,9H,2-3,5-6H2. The van der Waals surface area contributed by atoms with E-state index in [-0.39, 0.29) is 5.91 Å². The SMILES string of the molecule is O=C(c1cc(Cl)ccc1Br)N(CCBr)C1CC1. The summed E-state index contributed by atoms with van der Waals surface area (Å²) in [6, 6.07) is 5.71. The highest BCUT2D eigenvalue weighted by Gasteiger charge is 2.33. The first-order valence-corrected chi connectivity index (χ1v) is 7.74. The molecule has 1 aromatic rings. The molecule has 1 aliphatic carbocycles. The highest BCUT2D eigenvalue weighted by atomic mass is 79.9. The summed E-state index contributed by atoms with van der Waals surface area (Å²) >= 11 is 12.7. The van der Waals surface area contributed by atoms with Crippen LogP contribution in [-0.2, 0) is 0 Å². The maximum absolute atomic E-state index is 12.4. The van der Waals surface area contributed by atoms with Gasteiger partial charge in [0.25, 0.3) is 5.91 Å². The number of nitrogens with zero attached hydrogens (tertiary/aromatic N) is 1. The van der Waals surface area contributed by atoms with Gasteiger partial charge in [0.05, 0.1) is 5.56 Å². The first-order valence-electron chi connectivity index (χ1n) is 5.45. The summed E-state index contributed by atoms with van der Waals surface area (Å²) in [6.45, 7) is 0.739. The largest absolute Gasteiger partial charge is 0.335 e. The maximum atomic E-state index is 12.4. The molecule has 0 bridgehead atoms. The molecule has 0 atom stereocenters. The summed E-state index contributed by atoms with van der Waals surface area (Å²) in [6.07, 6.45) is 2.22. The van der Waals surface area contributed by atoms with Crippen LogP contribution in [0.5, 0.6) is 0 Å². The van der Waals surface area contributed by atoms with E-state index in [0.29, 0.717) is 16.6 Å². The lowest BCUT2D eigenvalue weighted by Crippen LogP contribution is -2.34. The van der Waals surface area contributed by atoms with Gasteiger partial charge in [-0.05, 0) is 47.0 Å². The first kappa shape index (κ1) is 13.4. The molecule has 0 radical (unpaired) electrons. The molecule has 0 saturated heterocycles. The summed E-state index contributed by atoms with van der Waals surface area (Å²) < 4.78 is 0.798. The number of rotatable bonds is 4. The number of amides is 1. The van der Waals surface area contributed by atoms with Crippen LogP contribution in [0.1, 0.15) is 23.2 Å². The number of hydrogen-bond acceptors (Lipinski definition) is 1. The summed E-state index contributed by atoms with van der Waals surface area (Å²) in [4.78, 5) is 14.3. The van der Waals surface area contributed by atoms with Gasteiger partial charge in [0.15, 0.2) is 0 Å². The third-order valence-electron chi connectivity index (χ3n) is 2.73. The lowest BCUT2D eigenvalue weighted by Gasteiger charge is -2.22. The molecule has 1 aliphatic rings. The van der Waals surface area contributed by atoms with Gasteiger partial charge in [-0.15, -0.1) is 0 Å². The van der Waals surface area contributed by atoms with E-state index in [1.807, 2.05) is 11.0 Å². The Morgan fingerprint density at radius 1 is 1.47 bits per heavy atom. The van der Waals surface area contributed by atoms with Crippen molar-refractivity contribution in [1.29, 1.82) is 0 Å². The second-order valence-corrected chi connectivity index (χ2v) is 6.13. The van der Waals surface area contributed by atoms with Crippen molar-refractivity contribution < 1.29 is 4.79 Å². The molecule has 2 rings (SSSR count). The highest BCUT2D eigenvalue weighted by Crippen LogP contribution is 2.30. The van der Waals surface area contributed by atoms with Gasteiger partial charge in [0.2, 0.25) is 0 Å². The molecule has 0 spiro atoms. The van der Waals surface area contributed by atoms with Crippen molar-refractivity contribution in [2.75, 3.05) is 11.9 Å². The normalized spacial score (nSPS) is 14.8. The van der Waals surface area contributed by atoms with Crippen molar-refractivity contribution in [2.24, 2.45) is 0 Å². The zero-order valence-corrected chi connectivity index (χ0v) is 13.1. The van der Waals surface area contributed by atoms with Crippen LogP contribution in [0.3, 0.4) is 0 Å². The van der Waals surface area contributed by atoms with Crippen molar-refractivity contribution >= 4 is 49.4 Å². The molecule has 1 saturated carbocycles. The number of halogens is 3. The van der Waals surface area contributed by atoms with Gasteiger partial charge in [-0.25, -0.2) is 0 Å². The molecule has 1 amide bonds. The van der Waals surface area contributed by atoms with E-state index in [9.17, 15) is 4.79 Å². The maximum Gasteiger partial charge on any atom is 0.255 e. The fourth-order valence-corrected chi connectivity index (χ4v) is 2.71. The van der Waals surface area contributed by atoms with E-state index < -0.39 is 0 Å². The predicted molar refractivity (Wildman–Crippen MR) is 77.0 cm³/mol. The van der Waals surface area contributed by atoms with E-state index in [4.69, 9.17) is 11.6 Å². The summed E-state index contributed by atoms with van der Waals surface area (Å²) in [5, 5.41) is 1.39. The molecule has 2 nitrogen and oxygen atoms in total. The smallest absolute Gasteiger partial charge is 0.255 e. The molecule has 0 unspecified atom stereocenters. The lowest BCUT2D eigenvalue weighted by molar-refractivity contribution is 0.0754. The third-order valence-corrected chi connectivity index (χ3v) is 4.01. The highest BCUT2D eigenvalue weighted by molar-refractivity contribution is 9.10. The quantitative estimate of drug-likeness (QED) is 0.719. The van der Waals surface area contributed by atoms with Crippen molar-refractivity contribution in [3.8, 4) is 0 Å². The Balaban J connectivity index is 2.24. The number of carbonyl (C=O) groups is 1. The number of benzene rings is 1. The molecule has 0 aliphatic heterocycles. The molecule has 0 heterocycles. The third kappa shape index (κ3) is 3.24. The molecular formula is C12H12Br2ClNO. The Kier molecular flexibility index (Phi) is 4.50. The minimum atomic E-state index is 0.0568. The van der Waals surface area contributed by atoms with Crippen LogP contribution in [0.2, 0.25) is 5.02 Å². The van der Waals surface area contributed by atoms with Gasteiger partial charge in [0.1, 0.15) is 0 Å². The van der Waals surface area contributed by atoms with Crippen molar-refractivity contribution in [2.45, 2.75) is 18.9 Å². The Bertz CT molecular complexity index is 435. The molecule has 17 heavy (non-hydrogen) atoms. The van der Waals surface area contributed by atoms with Crippen LogP contribution < -0.4 is 0 Å². The first-order chi connectivity index (χ1) is 8.13. The Morgan fingerprint density at radius 2 is 2.18 bits per heavy atom. The van der Waals surface area contributed by atoms with E-state index in [1.165, 1.54) is 0 Å². The molecule has 5 heteroatoms. The second-order valence-electron chi connectivity index (χ2n) is 4.04. The topological polar surface area (TPSA) is 20.3 Å². The lowest BCUT2D eigenvalue weighted by atomic mass is 10.2. The fraction of sp³-hybridized carbons (Fsp3) is 0.417. The van der Waals surface area contributed by atoms with E-state index in [0.717, 1.165) is 29.2 Å². The minimum Gasteiger partial charge on any atom is -0.335 e. The van der Waals surface area contributed by atoms with Gasteiger partial charge < -0.3 is 4.90 Å². The Labute approximate surface area is 123 Å². The molecule has 92 valence electrons. The average molecular weight is 381 g/mol. The van der Waals surface area contributed by atoms with Crippen LogP contribution in [0, 0.1) is 0 Å². The Morgan fingerprint density at radius 3 is 2.76 bits per heavy atom. The number of carbonyl (C=O) groups excluding carboxylic acids is 1. The molecule has 1 aromatic carbocycles. The number of hydrogen-bond donors (Lipinski definition) is 0. The van der Waals surface area contributed by atoms with Gasteiger partial charge in [-0.2, -0.15) is 0 Å². The van der Waals surface area contributed by atoms with E-state index in [1.54, 1.807) is 12.1 Å². The number of alkyl halides is 1. The van der Waals surface area contributed by atoms with E-state index >= 15 is 0 Å². The average Bonchev–Trinajstić information content (AvgIpc) is 3.12. The molecule has 0 N–H and O–H groups in total. The monoisotopic (exact) mass is 379 g/mol. The minimum absolute atomic E-state index is 0.0568. The summed E-state index contributed by atoms with van der Waals surface area (Å²) in [5.74, 6) is 0.0568.